The minimum Gasteiger partial charge on any atom is -0.478 e. The zero-order valence-electron chi connectivity index (χ0n) is 8.78. The topological polar surface area (TPSA) is 37.3 Å². The molecule has 0 atom stereocenters. The summed E-state index contributed by atoms with van der Waals surface area (Å²) in [5, 5.41) is 8.65. The van der Waals surface area contributed by atoms with Crippen LogP contribution in [0.4, 0.5) is 13.2 Å². The number of hydrogen-bond donors (Lipinski definition) is 1. The largest absolute Gasteiger partial charge is 0.478 e. The Hall–Kier alpha value is -1.43. The van der Waals surface area contributed by atoms with E-state index in [1.807, 2.05) is 0 Å². The molecule has 0 unspecified atom stereocenters. The van der Waals surface area contributed by atoms with Gasteiger partial charge in [-0.3, -0.25) is 0 Å². The van der Waals surface area contributed by atoms with E-state index in [9.17, 15) is 18.0 Å². The monoisotopic (exact) mass is 262 g/mol. The van der Waals surface area contributed by atoms with Gasteiger partial charge in [0, 0.05) is 10.5 Å². The minimum absolute atomic E-state index is 0.0319. The molecular weight excluding hydrogens is 253 g/mol. The maximum Gasteiger partial charge on any atom is 0.446 e. The molecule has 6 heteroatoms. The molecule has 1 rings (SSSR count). The molecule has 1 N–H and O–H groups in total. The van der Waals surface area contributed by atoms with Crippen LogP contribution >= 0.6 is 11.8 Å². The van der Waals surface area contributed by atoms with Crippen LogP contribution in [0.3, 0.4) is 0 Å². The van der Waals surface area contributed by atoms with Crippen molar-refractivity contribution in [2.75, 3.05) is 0 Å². The lowest BCUT2D eigenvalue weighted by Crippen LogP contribution is -1.99. The van der Waals surface area contributed by atoms with E-state index in [1.54, 1.807) is 6.07 Å². The van der Waals surface area contributed by atoms with Gasteiger partial charge in [-0.2, -0.15) is 13.2 Å². The summed E-state index contributed by atoms with van der Waals surface area (Å²) in [5.74, 6) is -1.10. The van der Waals surface area contributed by atoms with Crippen molar-refractivity contribution in [2.45, 2.75) is 17.3 Å². The van der Waals surface area contributed by atoms with Crippen molar-refractivity contribution in [3.8, 4) is 0 Å². The van der Waals surface area contributed by atoms with E-state index in [4.69, 9.17) is 5.11 Å². The Labute approximate surface area is 100 Å². The number of benzene rings is 1. The van der Waals surface area contributed by atoms with Crippen molar-refractivity contribution in [3.63, 3.8) is 0 Å². The molecule has 0 aromatic heterocycles. The predicted molar refractivity (Wildman–Crippen MR) is 59.6 cm³/mol. The highest BCUT2D eigenvalue weighted by Gasteiger charge is 2.29. The van der Waals surface area contributed by atoms with E-state index in [1.165, 1.54) is 31.2 Å². The van der Waals surface area contributed by atoms with E-state index in [0.717, 1.165) is 0 Å². The zero-order valence-corrected chi connectivity index (χ0v) is 9.60. The molecule has 0 aliphatic heterocycles. The standard InChI is InChI=1S/C11H9F3O2S/c1-7(10(15)16)5-8-3-2-4-9(6-8)17-11(12,13)14/h2-6H,1H3,(H,15,16). The summed E-state index contributed by atoms with van der Waals surface area (Å²) in [5.41, 5.74) is -3.84. The normalized spacial score (nSPS) is 12.6. The van der Waals surface area contributed by atoms with Crippen molar-refractivity contribution in [3.05, 3.63) is 35.4 Å². The maximum atomic E-state index is 12.1. The SMILES string of the molecule is CC(=Cc1cccc(SC(F)(F)F)c1)C(=O)O. The zero-order chi connectivity index (χ0) is 13.1. The van der Waals surface area contributed by atoms with Crippen molar-refractivity contribution >= 4 is 23.8 Å². The second-order valence-corrected chi connectivity index (χ2v) is 4.39. The van der Waals surface area contributed by atoms with Crippen molar-refractivity contribution in [2.24, 2.45) is 0 Å². The molecule has 0 fully saturated rings. The van der Waals surface area contributed by atoms with Gasteiger partial charge in [-0.15, -0.1) is 0 Å². The number of thioether (sulfide) groups is 1. The van der Waals surface area contributed by atoms with Crippen LogP contribution in [-0.4, -0.2) is 16.6 Å². The number of aliphatic carboxylic acids is 1. The van der Waals surface area contributed by atoms with Gasteiger partial charge in [-0.1, -0.05) is 12.1 Å². The third-order valence-corrected chi connectivity index (χ3v) is 2.53. The van der Waals surface area contributed by atoms with Gasteiger partial charge < -0.3 is 5.11 Å². The Morgan fingerprint density at radius 3 is 2.59 bits per heavy atom. The number of alkyl halides is 3. The highest BCUT2D eigenvalue weighted by Crippen LogP contribution is 2.37. The van der Waals surface area contributed by atoms with Crippen LogP contribution in [0.5, 0.6) is 0 Å². The summed E-state index contributed by atoms with van der Waals surface area (Å²) in [6.07, 6.45) is 1.32. The van der Waals surface area contributed by atoms with E-state index in [0.29, 0.717) is 5.56 Å². The third kappa shape index (κ3) is 4.95. The lowest BCUT2D eigenvalue weighted by Gasteiger charge is -2.06. The summed E-state index contributed by atoms with van der Waals surface area (Å²) in [6, 6.07) is 5.62. The van der Waals surface area contributed by atoms with Gasteiger partial charge in [0.2, 0.25) is 0 Å². The highest BCUT2D eigenvalue weighted by atomic mass is 32.2. The molecule has 92 valence electrons. The first-order valence-electron chi connectivity index (χ1n) is 4.55. The predicted octanol–water partition coefficient (Wildman–Crippen LogP) is 3.79. The van der Waals surface area contributed by atoms with Crippen molar-refractivity contribution < 1.29 is 23.1 Å². The summed E-state index contributed by atoms with van der Waals surface area (Å²) in [7, 11) is 0. The van der Waals surface area contributed by atoms with E-state index in [2.05, 4.69) is 0 Å². The molecule has 0 saturated heterocycles. The fourth-order valence-corrected chi connectivity index (χ4v) is 1.72. The van der Waals surface area contributed by atoms with Crippen LogP contribution in [0.15, 0.2) is 34.7 Å². The summed E-state index contributed by atoms with van der Waals surface area (Å²) >= 11 is -0.226. The van der Waals surface area contributed by atoms with Crippen molar-refractivity contribution in [1.29, 1.82) is 0 Å². The summed E-state index contributed by atoms with van der Waals surface area (Å²) in [6.45, 7) is 1.38. The van der Waals surface area contributed by atoms with Gasteiger partial charge >= 0.3 is 11.5 Å². The second kappa shape index (κ2) is 5.27. The lowest BCUT2D eigenvalue weighted by molar-refractivity contribution is -0.132. The Morgan fingerprint density at radius 1 is 1.41 bits per heavy atom. The number of hydrogen-bond acceptors (Lipinski definition) is 2. The first-order chi connectivity index (χ1) is 7.78. The molecule has 1 aromatic carbocycles. The molecule has 0 radical (unpaired) electrons. The van der Waals surface area contributed by atoms with Crippen molar-refractivity contribution in [1.82, 2.24) is 0 Å². The second-order valence-electron chi connectivity index (χ2n) is 3.25. The molecule has 0 heterocycles. The minimum atomic E-state index is -4.34. The average Bonchev–Trinajstić information content (AvgIpc) is 2.15. The molecule has 0 spiro atoms. The number of carboxylic acid groups (broad SMARTS) is 1. The van der Waals surface area contributed by atoms with Crippen LogP contribution in [-0.2, 0) is 4.79 Å². The molecule has 0 saturated carbocycles. The van der Waals surface area contributed by atoms with Crippen LogP contribution < -0.4 is 0 Å². The summed E-state index contributed by atoms with van der Waals surface area (Å²) in [4.78, 5) is 10.6. The Balaban J connectivity index is 2.94. The molecule has 1 aromatic rings. The first-order valence-corrected chi connectivity index (χ1v) is 5.37. The van der Waals surface area contributed by atoms with Gasteiger partial charge in [0.1, 0.15) is 0 Å². The molecule has 0 aliphatic carbocycles. The smallest absolute Gasteiger partial charge is 0.446 e. The number of rotatable bonds is 3. The van der Waals surface area contributed by atoms with Gasteiger partial charge in [0.15, 0.2) is 0 Å². The Morgan fingerprint density at radius 2 is 2.06 bits per heavy atom. The van der Waals surface area contributed by atoms with Gasteiger partial charge in [-0.05, 0) is 42.5 Å². The van der Waals surface area contributed by atoms with Crippen LogP contribution in [0.25, 0.3) is 6.08 Å². The van der Waals surface area contributed by atoms with E-state index < -0.39 is 11.5 Å². The molecule has 17 heavy (non-hydrogen) atoms. The van der Waals surface area contributed by atoms with E-state index >= 15 is 0 Å². The number of halogens is 3. The molecule has 0 bridgehead atoms. The van der Waals surface area contributed by atoms with E-state index in [-0.39, 0.29) is 22.2 Å². The highest BCUT2D eigenvalue weighted by molar-refractivity contribution is 8.00. The lowest BCUT2D eigenvalue weighted by atomic mass is 10.1. The first kappa shape index (κ1) is 13.6. The number of carboxylic acids is 1. The number of carbonyl (C=O) groups is 1. The fourth-order valence-electron chi connectivity index (χ4n) is 1.11. The average molecular weight is 262 g/mol. The Bertz CT molecular complexity index is 452. The molecule has 0 aliphatic rings. The van der Waals surface area contributed by atoms with Gasteiger partial charge in [0.25, 0.3) is 0 Å². The molecule has 0 amide bonds. The quantitative estimate of drug-likeness (QED) is 0.665. The van der Waals surface area contributed by atoms with Crippen LogP contribution in [0.1, 0.15) is 12.5 Å². The molecular formula is C11H9F3O2S. The maximum absolute atomic E-state index is 12.1. The van der Waals surface area contributed by atoms with Crippen LogP contribution in [0.2, 0.25) is 0 Å². The fraction of sp³-hybridized carbons (Fsp3) is 0.182. The van der Waals surface area contributed by atoms with Gasteiger partial charge in [0.05, 0.1) is 0 Å². The Kier molecular flexibility index (Phi) is 4.22. The van der Waals surface area contributed by atoms with Crippen LogP contribution in [0, 0.1) is 0 Å². The summed E-state index contributed by atoms with van der Waals surface area (Å²) < 4.78 is 36.4. The van der Waals surface area contributed by atoms with Gasteiger partial charge in [-0.25, -0.2) is 4.79 Å². The third-order valence-electron chi connectivity index (χ3n) is 1.81. The molecule has 2 nitrogen and oxygen atoms in total.